The first-order chi connectivity index (χ1) is 42.5. The Morgan fingerprint density at radius 3 is 1.46 bits per heavy atom. The van der Waals surface area contributed by atoms with Gasteiger partial charge in [0, 0.05) is 16.4 Å². The van der Waals surface area contributed by atoms with E-state index in [0.717, 1.165) is 70.2 Å². The summed E-state index contributed by atoms with van der Waals surface area (Å²) in [6.45, 7) is 5.84. The quantitative estimate of drug-likeness (QED) is 0.0313. The Balaban J connectivity index is 0.000000190. The highest BCUT2D eigenvalue weighted by atomic mass is 35.5. The average Bonchev–Trinajstić information content (AvgIpc) is 3.54. The van der Waals surface area contributed by atoms with Crippen molar-refractivity contribution < 1.29 is 55.0 Å². The number of carboxylic acids is 3. The van der Waals surface area contributed by atoms with Gasteiger partial charge in [-0.05, 0) is 213 Å². The molecule has 0 atom stereocenters. The molecule has 0 fully saturated rings. The number of aromatic carboxylic acids is 3. The fraction of sp³-hybridized carbons (Fsp3) is 0.186. The van der Waals surface area contributed by atoms with Crippen LogP contribution in [0.25, 0.3) is 0 Å². The molecule has 0 radical (unpaired) electrons. The molecule has 9 aromatic carbocycles. The van der Waals surface area contributed by atoms with E-state index in [1.165, 1.54) is 24.3 Å². The normalized spacial score (nSPS) is 11.2. The number of sulfonamides is 3. The summed E-state index contributed by atoms with van der Waals surface area (Å²) in [5, 5.41) is 28.0. The van der Waals surface area contributed by atoms with Crippen molar-refractivity contribution in [3.8, 4) is 0 Å². The molecule has 6 N–H and O–H groups in total. The minimum absolute atomic E-state index is 0.131. The van der Waals surface area contributed by atoms with Crippen LogP contribution in [0.4, 0.5) is 17.1 Å². The summed E-state index contributed by atoms with van der Waals surface area (Å²) < 4.78 is 84.1. The van der Waals surface area contributed by atoms with Crippen LogP contribution < -0.4 is 14.2 Å². The third-order valence-corrected chi connectivity index (χ3v) is 19.0. The number of benzene rings is 9. The highest BCUT2D eigenvalue weighted by molar-refractivity contribution is 7.93. The van der Waals surface area contributed by atoms with Gasteiger partial charge in [0.2, 0.25) is 0 Å². The average molecular weight is 1280 g/mol. The fourth-order valence-corrected chi connectivity index (χ4v) is 13.2. The van der Waals surface area contributed by atoms with E-state index < -0.39 is 48.0 Å². The molecule has 0 unspecified atom stereocenters. The number of hydrogen-bond donors (Lipinski definition) is 6. The first-order valence-corrected chi connectivity index (χ1v) is 33.5. The maximum absolute atomic E-state index is 12.9. The minimum atomic E-state index is -3.71. The lowest BCUT2D eigenvalue weighted by Gasteiger charge is -2.14. The van der Waals surface area contributed by atoms with E-state index >= 15 is 0 Å². The highest BCUT2D eigenvalue weighted by Crippen LogP contribution is 2.26. The zero-order chi connectivity index (χ0) is 64.1. The molecule has 9 aromatic rings. The molecule has 0 saturated heterocycles. The topological polar surface area (TPSA) is 250 Å². The smallest absolute Gasteiger partial charge is 0.335 e. The zero-order valence-corrected chi connectivity index (χ0v) is 52.6. The number of carbonyl (C=O) groups is 3. The van der Waals surface area contributed by atoms with E-state index in [1.807, 2.05) is 85.8 Å². The number of halogens is 1. The summed E-state index contributed by atoms with van der Waals surface area (Å²) in [6.07, 6.45) is 7.74. The van der Waals surface area contributed by atoms with Crippen LogP contribution in [0.1, 0.15) is 107 Å². The number of anilines is 3. The van der Waals surface area contributed by atoms with Crippen molar-refractivity contribution in [3.63, 3.8) is 0 Å². The van der Waals surface area contributed by atoms with Crippen molar-refractivity contribution in [2.24, 2.45) is 0 Å². The minimum Gasteiger partial charge on any atom is -0.478 e. The SMILES string of the molecule is CCCCc1ccc(S(=O)(=O)Nc2cccc(CCc3ccc(C(=O)O)cc3)c2)cc1.Cc1ccc(S(=O)(=O)Nc2ccccc2CCCc2ccccc2C(=O)O)c(C)c1.O=C(O)c1ccccc1CCc1ccc(NS(=O)(=O)c2ccc(Cl)cc2)cc1. The number of rotatable bonds is 25. The molecule has 0 saturated carbocycles. The van der Waals surface area contributed by atoms with Crippen molar-refractivity contribution in [2.75, 3.05) is 14.2 Å². The maximum atomic E-state index is 12.9. The van der Waals surface area contributed by atoms with Gasteiger partial charge < -0.3 is 15.3 Å². The third-order valence-electron chi connectivity index (χ3n) is 14.4. The van der Waals surface area contributed by atoms with Gasteiger partial charge in [-0.2, -0.15) is 0 Å². The molecule has 0 heterocycles. The molecule has 0 aromatic heterocycles. The van der Waals surface area contributed by atoms with Gasteiger partial charge in [-0.1, -0.05) is 146 Å². The van der Waals surface area contributed by atoms with Crippen LogP contribution in [0.3, 0.4) is 0 Å². The number of carboxylic acid groups (broad SMARTS) is 3. The second-order valence-electron chi connectivity index (χ2n) is 21.1. The summed E-state index contributed by atoms with van der Waals surface area (Å²) in [6, 6.07) is 60.6. The number of para-hydroxylation sites is 1. The van der Waals surface area contributed by atoms with Gasteiger partial charge in [0.25, 0.3) is 30.1 Å². The Morgan fingerprint density at radius 1 is 0.404 bits per heavy atom. The monoisotopic (exact) mass is 1280 g/mol. The molecule has 0 aliphatic rings. The predicted molar refractivity (Wildman–Crippen MR) is 351 cm³/mol. The molecule has 0 spiro atoms. The van der Waals surface area contributed by atoms with Gasteiger partial charge in [0.1, 0.15) is 0 Å². The standard InChI is InChI=1S/C25H27NO4S.C24H25NO4S.C21H18ClNO4S/c1-2-3-5-19-12-16-24(17-13-19)31(29,30)26-23-7-4-6-21(18-23)9-8-20-10-14-22(15-11-20)25(27)28;1-17-14-15-23(18(2)16-17)30(28,29)25-22-13-6-4-9-20(22)11-7-10-19-8-3-5-12-21(19)24(26)27;22-17-9-13-19(14-10-17)28(26,27)23-18-11-6-15(7-12-18)5-8-16-3-1-2-4-20(16)21(24)25/h4,6-7,10-18,26H,2-3,5,8-9H2,1H3,(H,27,28);3-6,8-9,12-16,25H,7,10-11H2,1-2H3,(H,26,27);1-4,6-7,9-14,23H,5,8H2,(H,24,25). The summed E-state index contributed by atoms with van der Waals surface area (Å²) in [5.74, 6) is -2.82. The lowest BCUT2D eigenvalue weighted by molar-refractivity contribution is 0.0684. The van der Waals surface area contributed by atoms with Crippen molar-refractivity contribution in [1.82, 2.24) is 0 Å². The van der Waals surface area contributed by atoms with Crippen molar-refractivity contribution in [1.29, 1.82) is 0 Å². The molecule has 0 amide bonds. The molecule has 0 aliphatic carbocycles. The maximum Gasteiger partial charge on any atom is 0.335 e. The largest absolute Gasteiger partial charge is 0.478 e. The summed E-state index contributed by atoms with van der Waals surface area (Å²) in [5.41, 5.74) is 10.7. The van der Waals surface area contributed by atoms with Crippen LogP contribution >= 0.6 is 11.6 Å². The highest BCUT2D eigenvalue weighted by Gasteiger charge is 2.20. The van der Waals surface area contributed by atoms with Crippen molar-refractivity contribution in [2.45, 2.75) is 99.7 Å². The number of hydrogen-bond acceptors (Lipinski definition) is 9. The Labute approximate surface area is 526 Å². The van der Waals surface area contributed by atoms with Crippen LogP contribution in [0, 0.1) is 13.8 Å². The van der Waals surface area contributed by atoms with Crippen LogP contribution in [0.2, 0.25) is 5.02 Å². The first-order valence-electron chi connectivity index (χ1n) is 28.7. The first kappa shape index (κ1) is 67.4. The van der Waals surface area contributed by atoms with E-state index in [0.29, 0.717) is 77.3 Å². The Kier molecular flexibility index (Phi) is 24.0. The summed E-state index contributed by atoms with van der Waals surface area (Å²) in [7, 11) is -11.0. The van der Waals surface area contributed by atoms with Crippen molar-refractivity contribution >= 4 is 76.6 Å². The fourth-order valence-electron chi connectivity index (χ4n) is 9.67. The van der Waals surface area contributed by atoms with Crippen LogP contribution in [-0.2, 0) is 75.0 Å². The second-order valence-corrected chi connectivity index (χ2v) is 26.6. The van der Waals surface area contributed by atoms with E-state index in [1.54, 1.807) is 116 Å². The molecule has 0 bridgehead atoms. The van der Waals surface area contributed by atoms with Crippen LogP contribution in [0.15, 0.2) is 227 Å². The molecule has 89 heavy (non-hydrogen) atoms. The van der Waals surface area contributed by atoms with E-state index in [4.69, 9.17) is 16.7 Å². The van der Waals surface area contributed by atoms with Crippen LogP contribution in [0.5, 0.6) is 0 Å². The summed E-state index contributed by atoms with van der Waals surface area (Å²) >= 11 is 5.79. The molecule has 462 valence electrons. The van der Waals surface area contributed by atoms with Gasteiger partial charge in [-0.25, -0.2) is 39.6 Å². The van der Waals surface area contributed by atoms with E-state index in [-0.39, 0.29) is 20.2 Å². The van der Waals surface area contributed by atoms with Gasteiger partial charge in [0.15, 0.2) is 0 Å². The van der Waals surface area contributed by atoms with Crippen LogP contribution in [-0.4, -0.2) is 58.5 Å². The molecule has 15 nitrogen and oxygen atoms in total. The number of unbranched alkanes of at least 4 members (excludes halogenated alkanes) is 1. The van der Waals surface area contributed by atoms with Gasteiger partial charge in [-0.15, -0.1) is 0 Å². The Morgan fingerprint density at radius 2 is 0.888 bits per heavy atom. The molecule has 0 aliphatic heterocycles. The third kappa shape index (κ3) is 20.2. The van der Waals surface area contributed by atoms with Gasteiger partial charge >= 0.3 is 17.9 Å². The van der Waals surface area contributed by atoms with E-state index in [9.17, 15) is 49.9 Å². The predicted octanol–water partition coefficient (Wildman–Crippen LogP) is 14.9. The Hall–Kier alpha value is -9.07. The number of nitrogens with one attached hydrogen (secondary N) is 3. The van der Waals surface area contributed by atoms with E-state index in [2.05, 4.69) is 21.1 Å². The molecular weight excluding hydrogens is 1210 g/mol. The second kappa shape index (κ2) is 31.7. The summed E-state index contributed by atoms with van der Waals surface area (Å²) in [4.78, 5) is 34.2. The van der Waals surface area contributed by atoms with Gasteiger partial charge in [0.05, 0.1) is 37.1 Å². The molecule has 9 rings (SSSR count). The lowest BCUT2D eigenvalue weighted by atomic mass is 9.99. The molecular formula is C70H70ClN3O12S3. The lowest BCUT2D eigenvalue weighted by Crippen LogP contribution is -2.15. The zero-order valence-electron chi connectivity index (χ0n) is 49.4. The van der Waals surface area contributed by atoms with Crippen molar-refractivity contribution in [3.05, 3.63) is 284 Å². The van der Waals surface area contributed by atoms with Gasteiger partial charge in [-0.3, -0.25) is 14.2 Å². The molecule has 19 heteroatoms. The Bertz CT molecular complexity index is 4240. The number of aryl methyl sites for hydroxylation is 9.